The molecule has 0 spiro atoms. The summed E-state index contributed by atoms with van der Waals surface area (Å²) in [6.07, 6.45) is 10.3. The molecule has 1 unspecified atom stereocenters. The van der Waals surface area contributed by atoms with E-state index < -0.39 is 0 Å². The standard InChI is InChI=1S/C26H40/c1-9-10-23(6)26(7,8)18-17-24-13-15-25(16-14-24)22(5)19-21(4)12-11-20(2)3/h11-16,23H,5,9-10,17-19H2,1-4,6-8H3/b21-12+. The van der Waals surface area contributed by atoms with Crippen molar-refractivity contribution in [2.45, 2.75) is 80.6 Å². The average Bonchev–Trinajstić information content (AvgIpc) is 2.59. The number of hydrogen-bond donors (Lipinski definition) is 0. The molecule has 26 heavy (non-hydrogen) atoms. The minimum absolute atomic E-state index is 0.408. The van der Waals surface area contributed by atoms with Gasteiger partial charge < -0.3 is 0 Å². The van der Waals surface area contributed by atoms with Gasteiger partial charge in [-0.15, -0.1) is 0 Å². The van der Waals surface area contributed by atoms with Crippen LogP contribution in [-0.2, 0) is 6.42 Å². The molecule has 0 aliphatic heterocycles. The first-order valence-electron chi connectivity index (χ1n) is 10.2. The van der Waals surface area contributed by atoms with Gasteiger partial charge in [-0.2, -0.15) is 0 Å². The topological polar surface area (TPSA) is 0 Å². The van der Waals surface area contributed by atoms with Crippen LogP contribution >= 0.6 is 0 Å². The lowest BCUT2D eigenvalue weighted by atomic mass is 9.74. The molecule has 0 N–H and O–H groups in total. The lowest BCUT2D eigenvalue weighted by molar-refractivity contribution is 0.199. The number of aryl methyl sites for hydroxylation is 1. The Morgan fingerprint density at radius 3 is 2.23 bits per heavy atom. The Labute approximate surface area is 163 Å². The van der Waals surface area contributed by atoms with Gasteiger partial charge in [0.25, 0.3) is 0 Å². The molecule has 0 saturated heterocycles. The lowest BCUT2D eigenvalue weighted by Crippen LogP contribution is -2.22. The van der Waals surface area contributed by atoms with Crippen molar-refractivity contribution < 1.29 is 0 Å². The minimum Gasteiger partial charge on any atom is -0.0949 e. The largest absolute Gasteiger partial charge is 0.0949 e. The molecule has 144 valence electrons. The molecule has 0 heterocycles. The smallest absolute Gasteiger partial charge is 0.00667 e. The Hall–Kier alpha value is -1.56. The molecular formula is C26H40. The molecule has 1 atom stereocenters. The quantitative estimate of drug-likeness (QED) is 0.371. The summed E-state index contributed by atoms with van der Waals surface area (Å²) >= 11 is 0. The third-order valence-corrected chi connectivity index (χ3v) is 5.67. The molecule has 0 aliphatic carbocycles. The zero-order chi connectivity index (χ0) is 19.7. The molecule has 0 radical (unpaired) electrons. The molecule has 0 aliphatic rings. The molecule has 1 aromatic carbocycles. The van der Waals surface area contributed by atoms with Gasteiger partial charge in [0.15, 0.2) is 0 Å². The summed E-state index contributed by atoms with van der Waals surface area (Å²) in [6.45, 7) is 20.3. The van der Waals surface area contributed by atoms with Crippen LogP contribution in [0.25, 0.3) is 5.57 Å². The van der Waals surface area contributed by atoms with Crippen molar-refractivity contribution in [2.75, 3.05) is 0 Å². The summed E-state index contributed by atoms with van der Waals surface area (Å²) in [4.78, 5) is 0. The Morgan fingerprint density at radius 1 is 1.08 bits per heavy atom. The van der Waals surface area contributed by atoms with Crippen LogP contribution in [-0.4, -0.2) is 0 Å². The molecule has 0 heteroatoms. The molecule has 0 saturated carbocycles. The van der Waals surface area contributed by atoms with Gasteiger partial charge in [-0.3, -0.25) is 0 Å². The minimum atomic E-state index is 0.408. The van der Waals surface area contributed by atoms with E-state index in [9.17, 15) is 0 Å². The van der Waals surface area contributed by atoms with Crippen molar-refractivity contribution in [3.8, 4) is 0 Å². The molecule has 0 fully saturated rings. The fourth-order valence-corrected chi connectivity index (χ4v) is 3.25. The number of hydrogen-bond acceptors (Lipinski definition) is 0. The van der Waals surface area contributed by atoms with Crippen molar-refractivity contribution in [1.29, 1.82) is 0 Å². The average molecular weight is 353 g/mol. The highest BCUT2D eigenvalue weighted by molar-refractivity contribution is 5.65. The van der Waals surface area contributed by atoms with E-state index in [0.29, 0.717) is 5.41 Å². The van der Waals surface area contributed by atoms with Gasteiger partial charge in [-0.1, -0.05) is 94.7 Å². The predicted octanol–water partition coefficient (Wildman–Crippen LogP) is 8.40. The van der Waals surface area contributed by atoms with Crippen molar-refractivity contribution in [3.63, 3.8) is 0 Å². The van der Waals surface area contributed by atoms with Crippen LogP contribution in [0.2, 0.25) is 0 Å². The third kappa shape index (κ3) is 7.77. The molecular weight excluding hydrogens is 312 g/mol. The first kappa shape index (κ1) is 22.5. The van der Waals surface area contributed by atoms with E-state index in [4.69, 9.17) is 0 Å². The van der Waals surface area contributed by atoms with E-state index in [1.807, 2.05) is 0 Å². The van der Waals surface area contributed by atoms with Crippen LogP contribution in [0.4, 0.5) is 0 Å². The van der Waals surface area contributed by atoms with E-state index in [2.05, 4.69) is 91.5 Å². The first-order valence-corrected chi connectivity index (χ1v) is 10.2. The first-order chi connectivity index (χ1) is 12.2. The third-order valence-electron chi connectivity index (χ3n) is 5.67. The number of rotatable bonds is 10. The fraction of sp³-hybridized carbons (Fsp3) is 0.538. The van der Waals surface area contributed by atoms with Crippen molar-refractivity contribution in [2.24, 2.45) is 11.3 Å². The van der Waals surface area contributed by atoms with Crippen LogP contribution in [0.1, 0.15) is 85.3 Å². The van der Waals surface area contributed by atoms with Crippen LogP contribution in [0, 0.1) is 11.3 Å². The van der Waals surface area contributed by atoms with E-state index in [1.165, 1.54) is 47.1 Å². The summed E-state index contributed by atoms with van der Waals surface area (Å²) in [7, 11) is 0. The van der Waals surface area contributed by atoms with E-state index in [0.717, 1.165) is 18.8 Å². The highest BCUT2D eigenvalue weighted by Crippen LogP contribution is 2.34. The van der Waals surface area contributed by atoms with Crippen LogP contribution in [0.5, 0.6) is 0 Å². The van der Waals surface area contributed by atoms with Crippen molar-refractivity contribution in [3.05, 3.63) is 65.3 Å². The van der Waals surface area contributed by atoms with Gasteiger partial charge in [0.05, 0.1) is 0 Å². The summed E-state index contributed by atoms with van der Waals surface area (Å²) in [5.41, 5.74) is 6.99. The molecule has 0 aromatic heterocycles. The lowest BCUT2D eigenvalue weighted by Gasteiger charge is -2.32. The second-order valence-electron chi connectivity index (χ2n) is 8.91. The van der Waals surface area contributed by atoms with Gasteiger partial charge in [-0.05, 0) is 68.1 Å². The molecule has 0 amide bonds. The monoisotopic (exact) mass is 352 g/mol. The Balaban J connectivity index is 2.64. The highest BCUT2D eigenvalue weighted by atomic mass is 14.3. The summed E-state index contributed by atoms with van der Waals surface area (Å²) in [5, 5.41) is 0. The maximum Gasteiger partial charge on any atom is -0.00667 e. The van der Waals surface area contributed by atoms with E-state index in [-0.39, 0.29) is 0 Å². The van der Waals surface area contributed by atoms with E-state index >= 15 is 0 Å². The summed E-state index contributed by atoms with van der Waals surface area (Å²) in [6, 6.07) is 9.06. The summed E-state index contributed by atoms with van der Waals surface area (Å²) in [5.74, 6) is 0.780. The Kier molecular flexibility index (Phi) is 9.13. The number of allylic oxidation sites excluding steroid dienone is 5. The molecule has 0 nitrogen and oxygen atoms in total. The van der Waals surface area contributed by atoms with Crippen LogP contribution in [0.3, 0.4) is 0 Å². The second kappa shape index (κ2) is 10.6. The van der Waals surface area contributed by atoms with Crippen molar-refractivity contribution in [1.82, 2.24) is 0 Å². The fourth-order valence-electron chi connectivity index (χ4n) is 3.25. The maximum atomic E-state index is 4.29. The summed E-state index contributed by atoms with van der Waals surface area (Å²) < 4.78 is 0. The van der Waals surface area contributed by atoms with Gasteiger partial charge >= 0.3 is 0 Å². The second-order valence-corrected chi connectivity index (χ2v) is 8.91. The van der Waals surface area contributed by atoms with Crippen LogP contribution in [0.15, 0.2) is 54.1 Å². The van der Waals surface area contributed by atoms with Crippen molar-refractivity contribution >= 4 is 5.57 Å². The Bertz CT molecular complexity index is 619. The highest BCUT2D eigenvalue weighted by Gasteiger charge is 2.24. The normalized spacial score (nSPS) is 13.4. The van der Waals surface area contributed by atoms with Crippen LogP contribution < -0.4 is 0 Å². The van der Waals surface area contributed by atoms with E-state index in [1.54, 1.807) is 0 Å². The van der Waals surface area contributed by atoms with Gasteiger partial charge in [-0.25, -0.2) is 0 Å². The zero-order valence-corrected chi connectivity index (χ0v) is 18.3. The number of benzene rings is 1. The maximum absolute atomic E-state index is 4.29. The van der Waals surface area contributed by atoms with Gasteiger partial charge in [0.2, 0.25) is 0 Å². The molecule has 0 bridgehead atoms. The Morgan fingerprint density at radius 2 is 1.69 bits per heavy atom. The zero-order valence-electron chi connectivity index (χ0n) is 18.3. The molecule has 1 rings (SSSR count). The molecule has 1 aromatic rings. The SMILES string of the molecule is C=C(C/C(C)=C/C=C(C)C)c1ccc(CCC(C)(C)C(C)CCC)cc1. The van der Waals surface area contributed by atoms with Gasteiger partial charge in [0, 0.05) is 0 Å². The van der Waals surface area contributed by atoms with Gasteiger partial charge in [0.1, 0.15) is 0 Å². The predicted molar refractivity (Wildman–Crippen MR) is 119 cm³/mol.